The zero-order chi connectivity index (χ0) is 17.0. The average Bonchev–Trinajstić information content (AvgIpc) is 2.60. The van der Waals surface area contributed by atoms with Gasteiger partial charge in [-0.2, -0.15) is 0 Å². The first-order valence-corrected chi connectivity index (χ1v) is 9.43. The van der Waals surface area contributed by atoms with Crippen LogP contribution in [-0.4, -0.2) is 23.2 Å². The summed E-state index contributed by atoms with van der Waals surface area (Å²) in [5.74, 6) is 0.0143. The topological polar surface area (TPSA) is 49.3 Å². The molecule has 1 saturated carbocycles. The lowest BCUT2D eigenvalue weighted by Crippen LogP contribution is -2.37. The molecule has 1 aliphatic carbocycles. The van der Waals surface area contributed by atoms with Crippen LogP contribution in [0.1, 0.15) is 63.4 Å². The second-order valence-electron chi connectivity index (χ2n) is 6.85. The predicted octanol–water partition coefficient (Wildman–Crippen LogP) is 4.16. The van der Waals surface area contributed by atoms with Crippen molar-refractivity contribution < 1.29 is 9.90 Å². The highest BCUT2D eigenvalue weighted by Gasteiger charge is 2.19. The summed E-state index contributed by atoms with van der Waals surface area (Å²) in [7, 11) is 0. The van der Waals surface area contributed by atoms with E-state index in [0.29, 0.717) is 0 Å². The van der Waals surface area contributed by atoms with E-state index < -0.39 is 0 Å². The number of hydrogen-bond donors (Lipinski definition) is 2. The third kappa shape index (κ3) is 7.78. The number of allylic oxidation sites excluding steroid dienone is 1. The minimum absolute atomic E-state index is 0.0143. The SMILES string of the molecule is O=C(/C=C/CCCCCCc1ccccc1)NC1CCC(O)CC1. The number of amides is 1. The molecule has 0 heterocycles. The third-order valence-corrected chi connectivity index (χ3v) is 4.74. The number of carbonyl (C=O) groups excluding carboxylic acids is 1. The summed E-state index contributed by atoms with van der Waals surface area (Å²) in [6.45, 7) is 0. The van der Waals surface area contributed by atoms with Crippen molar-refractivity contribution in [3.05, 3.63) is 48.0 Å². The second-order valence-corrected chi connectivity index (χ2v) is 6.85. The van der Waals surface area contributed by atoms with Gasteiger partial charge < -0.3 is 10.4 Å². The highest BCUT2D eigenvalue weighted by atomic mass is 16.3. The van der Waals surface area contributed by atoms with E-state index in [1.54, 1.807) is 6.08 Å². The van der Waals surface area contributed by atoms with Crippen molar-refractivity contribution in [3.63, 3.8) is 0 Å². The monoisotopic (exact) mass is 329 g/mol. The van der Waals surface area contributed by atoms with Gasteiger partial charge in [-0.25, -0.2) is 0 Å². The van der Waals surface area contributed by atoms with Crippen LogP contribution in [0.5, 0.6) is 0 Å². The molecule has 1 amide bonds. The first kappa shape index (κ1) is 18.7. The molecule has 1 aromatic carbocycles. The van der Waals surface area contributed by atoms with E-state index in [1.807, 2.05) is 6.08 Å². The number of aryl methyl sites for hydroxylation is 1. The summed E-state index contributed by atoms with van der Waals surface area (Å²) in [6.07, 6.45) is 13.9. The molecule has 3 nitrogen and oxygen atoms in total. The minimum Gasteiger partial charge on any atom is -0.393 e. The van der Waals surface area contributed by atoms with Gasteiger partial charge in [-0.3, -0.25) is 4.79 Å². The van der Waals surface area contributed by atoms with Crippen LogP contribution in [0.15, 0.2) is 42.5 Å². The molecule has 2 rings (SSSR count). The standard InChI is InChI=1S/C21H31NO2/c23-20-16-14-19(15-17-20)22-21(24)13-9-4-2-1-3-6-10-18-11-7-5-8-12-18/h5,7-9,11-13,19-20,23H,1-4,6,10,14-17H2,(H,22,24)/b13-9+. The summed E-state index contributed by atoms with van der Waals surface area (Å²) in [5, 5.41) is 12.5. The van der Waals surface area contributed by atoms with Gasteiger partial charge in [0.2, 0.25) is 5.91 Å². The van der Waals surface area contributed by atoms with Gasteiger partial charge in [-0.15, -0.1) is 0 Å². The minimum atomic E-state index is -0.171. The molecule has 0 saturated heterocycles. The fraction of sp³-hybridized carbons (Fsp3) is 0.571. The Morgan fingerprint density at radius 1 is 1.04 bits per heavy atom. The molecule has 0 radical (unpaired) electrons. The largest absolute Gasteiger partial charge is 0.393 e. The van der Waals surface area contributed by atoms with Gasteiger partial charge in [0.15, 0.2) is 0 Å². The number of unbranched alkanes of at least 4 members (excludes halogenated alkanes) is 4. The quantitative estimate of drug-likeness (QED) is 0.528. The van der Waals surface area contributed by atoms with Crippen LogP contribution < -0.4 is 5.32 Å². The second kappa shape index (κ2) is 11.0. The molecule has 0 aromatic heterocycles. The molecule has 0 spiro atoms. The molecule has 0 unspecified atom stereocenters. The Morgan fingerprint density at radius 2 is 1.75 bits per heavy atom. The summed E-state index contributed by atoms with van der Waals surface area (Å²) in [6, 6.07) is 10.9. The van der Waals surface area contributed by atoms with Gasteiger partial charge >= 0.3 is 0 Å². The zero-order valence-electron chi connectivity index (χ0n) is 14.6. The van der Waals surface area contributed by atoms with E-state index in [9.17, 15) is 9.90 Å². The average molecular weight is 329 g/mol. The van der Waals surface area contributed by atoms with Crippen LogP contribution in [0, 0.1) is 0 Å². The van der Waals surface area contributed by atoms with Crippen LogP contribution in [0.4, 0.5) is 0 Å². The molecule has 24 heavy (non-hydrogen) atoms. The van der Waals surface area contributed by atoms with Crippen molar-refractivity contribution in [1.82, 2.24) is 5.32 Å². The molecule has 0 bridgehead atoms. The zero-order valence-corrected chi connectivity index (χ0v) is 14.6. The van der Waals surface area contributed by atoms with Gasteiger partial charge in [-0.05, 0) is 63.0 Å². The molecule has 0 atom stereocenters. The van der Waals surface area contributed by atoms with E-state index in [1.165, 1.54) is 24.8 Å². The van der Waals surface area contributed by atoms with Crippen LogP contribution in [-0.2, 0) is 11.2 Å². The van der Waals surface area contributed by atoms with Gasteiger partial charge in [0.1, 0.15) is 0 Å². The van der Waals surface area contributed by atoms with Crippen molar-refractivity contribution in [2.45, 2.75) is 76.4 Å². The van der Waals surface area contributed by atoms with E-state index in [0.717, 1.165) is 44.9 Å². The highest BCUT2D eigenvalue weighted by molar-refractivity contribution is 5.87. The number of rotatable bonds is 9. The van der Waals surface area contributed by atoms with E-state index in [2.05, 4.69) is 35.6 Å². The molecule has 0 aliphatic heterocycles. The van der Waals surface area contributed by atoms with Crippen molar-refractivity contribution in [1.29, 1.82) is 0 Å². The lowest BCUT2D eigenvalue weighted by Gasteiger charge is -2.25. The van der Waals surface area contributed by atoms with Crippen LogP contribution in [0.25, 0.3) is 0 Å². The normalized spacial score (nSPS) is 21.0. The maximum Gasteiger partial charge on any atom is 0.243 e. The Morgan fingerprint density at radius 3 is 2.50 bits per heavy atom. The lowest BCUT2D eigenvalue weighted by atomic mass is 9.93. The maximum atomic E-state index is 11.8. The van der Waals surface area contributed by atoms with Crippen molar-refractivity contribution in [2.75, 3.05) is 0 Å². The first-order valence-electron chi connectivity index (χ1n) is 9.43. The summed E-state index contributed by atoms with van der Waals surface area (Å²) in [5.41, 5.74) is 1.42. The van der Waals surface area contributed by atoms with Crippen molar-refractivity contribution in [3.8, 4) is 0 Å². The summed E-state index contributed by atoms with van der Waals surface area (Å²) < 4.78 is 0. The molecule has 1 aromatic rings. The lowest BCUT2D eigenvalue weighted by molar-refractivity contribution is -0.117. The Kier molecular flexibility index (Phi) is 8.61. The number of nitrogens with one attached hydrogen (secondary N) is 1. The molecule has 2 N–H and O–H groups in total. The predicted molar refractivity (Wildman–Crippen MR) is 98.8 cm³/mol. The van der Waals surface area contributed by atoms with Gasteiger partial charge in [0.25, 0.3) is 0 Å². The maximum absolute atomic E-state index is 11.8. The number of carbonyl (C=O) groups is 1. The number of benzene rings is 1. The Balaban J connectivity index is 1.46. The molecule has 132 valence electrons. The van der Waals surface area contributed by atoms with Crippen molar-refractivity contribution in [2.24, 2.45) is 0 Å². The van der Waals surface area contributed by atoms with Gasteiger partial charge in [0, 0.05) is 6.04 Å². The highest BCUT2D eigenvalue weighted by Crippen LogP contribution is 2.18. The Bertz CT molecular complexity index is 490. The van der Waals surface area contributed by atoms with Gasteiger partial charge in [0.05, 0.1) is 6.10 Å². The van der Waals surface area contributed by atoms with E-state index in [4.69, 9.17) is 0 Å². The molecule has 1 aliphatic rings. The Hall–Kier alpha value is -1.61. The number of aliphatic hydroxyl groups excluding tert-OH is 1. The fourth-order valence-corrected chi connectivity index (χ4v) is 3.25. The summed E-state index contributed by atoms with van der Waals surface area (Å²) in [4.78, 5) is 11.8. The fourth-order valence-electron chi connectivity index (χ4n) is 3.25. The molecule has 3 heteroatoms. The Labute approximate surface area is 146 Å². The smallest absolute Gasteiger partial charge is 0.243 e. The van der Waals surface area contributed by atoms with Crippen LogP contribution in [0.3, 0.4) is 0 Å². The van der Waals surface area contributed by atoms with Crippen molar-refractivity contribution >= 4 is 5.91 Å². The molecular weight excluding hydrogens is 298 g/mol. The van der Waals surface area contributed by atoms with Gasteiger partial charge in [-0.1, -0.05) is 49.2 Å². The van der Waals surface area contributed by atoms with E-state index in [-0.39, 0.29) is 18.1 Å². The molecular formula is C21H31NO2. The van der Waals surface area contributed by atoms with Crippen LogP contribution in [0.2, 0.25) is 0 Å². The number of hydrogen-bond acceptors (Lipinski definition) is 2. The molecule has 1 fully saturated rings. The summed E-state index contributed by atoms with van der Waals surface area (Å²) >= 11 is 0. The van der Waals surface area contributed by atoms with E-state index >= 15 is 0 Å². The number of aliphatic hydroxyl groups is 1. The first-order chi connectivity index (χ1) is 11.7. The third-order valence-electron chi connectivity index (χ3n) is 4.74. The van der Waals surface area contributed by atoms with Crippen LogP contribution >= 0.6 is 0 Å².